The Kier molecular flexibility index (Phi) is 2.86. The molecule has 0 saturated carbocycles. The van der Waals surface area contributed by atoms with Crippen LogP contribution in [0.3, 0.4) is 0 Å². The third-order valence-electron chi connectivity index (χ3n) is 1.65. The molecule has 1 saturated heterocycles. The molecule has 5 heteroatoms. The molecule has 66 valence electrons. The average Bonchev–Trinajstić information content (AvgIpc) is 2.32. The van der Waals surface area contributed by atoms with Crippen LogP contribution < -0.4 is 0 Å². The van der Waals surface area contributed by atoms with E-state index in [1.165, 1.54) is 0 Å². The van der Waals surface area contributed by atoms with E-state index in [9.17, 15) is 8.42 Å². The molecule has 0 aromatic rings. The zero-order valence-corrected chi connectivity index (χ0v) is 7.43. The van der Waals surface area contributed by atoms with Crippen LogP contribution in [0.25, 0.3) is 0 Å². The highest BCUT2D eigenvalue weighted by atomic mass is 32.2. The lowest BCUT2D eigenvalue weighted by atomic mass is 10.4. The fraction of sp³-hybridized carbons (Fsp3) is 1.00. The van der Waals surface area contributed by atoms with Gasteiger partial charge in [-0.2, -0.15) is 8.42 Å². The largest absolute Gasteiger partial charge is 0.280 e. The van der Waals surface area contributed by atoms with Gasteiger partial charge in [0.1, 0.15) is 6.73 Å². The molecule has 1 rings (SSSR count). The van der Waals surface area contributed by atoms with Gasteiger partial charge in [-0.1, -0.05) is 0 Å². The van der Waals surface area contributed by atoms with Crippen molar-refractivity contribution in [1.82, 2.24) is 4.90 Å². The van der Waals surface area contributed by atoms with Gasteiger partial charge in [0.25, 0.3) is 10.1 Å². The van der Waals surface area contributed by atoms with Crippen molar-refractivity contribution in [2.24, 2.45) is 0 Å². The van der Waals surface area contributed by atoms with Crippen molar-refractivity contribution < 1.29 is 12.6 Å². The molecule has 0 spiro atoms. The second-order valence-corrected chi connectivity index (χ2v) is 4.42. The zero-order chi connectivity index (χ0) is 8.32. The molecule has 1 fully saturated rings. The van der Waals surface area contributed by atoms with E-state index in [1.807, 2.05) is 4.90 Å². The molecule has 0 aliphatic carbocycles. The summed E-state index contributed by atoms with van der Waals surface area (Å²) in [6, 6.07) is 0. The van der Waals surface area contributed by atoms with Crippen LogP contribution >= 0.6 is 0 Å². The third-order valence-corrected chi connectivity index (χ3v) is 2.18. The van der Waals surface area contributed by atoms with Crippen molar-refractivity contribution in [1.29, 1.82) is 0 Å². The Balaban J connectivity index is 2.22. The standard InChI is InChI=1S/C6H13NO3S/c1-11(8,9)10-6-7-4-2-3-5-7/h2-6H2,1H3. The van der Waals surface area contributed by atoms with E-state index in [4.69, 9.17) is 0 Å². The Morgan fingerprint density at radius 2 is 1.91 bits per heavy atom. The number of hydrogen-bond acceptors (Lipinski definition) is 4. The average molecular weight is 179 g/mol. The van der Waals surface area contributed by atoms with E-state index in [0.717, 1.165) is 32.2 Å². The maximum absolute atomic E-state index is 10.5. The lowest BCUT2D eigenvalue weighted by Crippen LogP contribution is -2.24. The van der Waals surface area contributed by atoms with Gasteiger partial charge in [-0.05, 0) is 12.8 Å². The first-order chi connectivity index (χ1) is 5.08. The Morgan fingerprint density at radius 3 is 2.36 bits per heavy atom. The molecule has 0 bridgehead atoms. The summed E-state index contributed by atoms with van der Waals surface area (Å²) in [6.07, 6.45) is 3.36. The van der Waals surface area contributed by atoms with E-state index in [2.05, 4.69) is 4.18 Å². The maximum Gasteiger partial charge on any atom is 0.265 e. The zero-order valence-electron chi connectivity index (χ0n) is 6.62. The normalized spacial score (nSPS) is 20.8. The summed E-state index contributed by atoms with van der Waals surface area (Å²) in [5, 5.41) is 0. The Morgan fingerprint density at radius 1 is 1.36 bits per heavy atom. The molecule has 4 nitrogen and oxygen atoms in total. The summed E-state index contributed by atoms with van der Waals surface area (Å²) in [6.45, 7) is 2.13. The lowest BCUT2D eigenvalue weighted by molar-refractivity contribution is 0.159. The number of nitrogens with zero attached hydrogens (tertiary/aromatic N) is 1. The molecular formula is C6H13NO3S. The maximum atomic E-state index is 10.5. The molecule has 0 aromatic heterocycles. The summed E-state index contributed by atoms with van der Waals surface area (Å²) in [4.78, 5) is 1.99. The second kappa shape index (κ2) is 3.51. The van der Waals surface area contributed by atoms with Crippen molar-refractivity contribution in [2.45, 2.75) is 12.8 Å². The fourth-order valence-corrected chi connectivity index (χ4v) is 1.42. The quantitative estimate of drug-likeness (QED) is 0.573. The van der Waals surface area contributed by atoms with Crippen LogP contribution in [-0.2, 0) is 14.3 Å². The summed E-state index contributed by atoms with van der Waals surface area (Å²) in [5.41, 5.74) is 0. The van der Waals surface area contributed by atoms with Crippen molar-refractivity contribution in [3.05, 3.63) is 0 Å². The van der Waals surface area contributed by atoms with Gasteiger partial charge in [0.05, 0.1) is 6.26 Å². The molecule has 1 aliphatic rings. The topological polar surface area (TPSA) is 46.6 Å². The Hall–Kier alpha value is -0.130. The molecule has 11 heavy (non-hydrogen) atoms. The van der Waals surface area contributed by atoms with Crippen molar-refractivity contribution in [2.75, 3.05) is 26.1 Å². The second-order valence-electron chi connectivity index (χ2n) is 2.78. The van der Waals surface area contributed by atoms with Gasteiger partial charge in [-0.15, -0.1) is 0 Å². The van der Waals surface area contributed by atoms with Gasteiger partial charge in [-0.3, -0.25) is 9.08 Å². The van der Waals surface area contributed by atoms with Crippen LogP contribution in [0.2, 0.25) is 0 Å². The van der Waals surface area contributed by atoms with Gasteiger partial charge in [0.2, 0.25) is 0 Å². The monoisotopic (exact) mass is 179 g/mol. The molecule has 0 aromatic carbocycles. The van der Waals surface area contributed by atoms with Crippen LogP contribution in [0.4, 0.5) is 0 Å². The molecule has 1 heterocycles. The smallest absolute Gasteiger partial charge is 0.265 e. The molecule has 0 atom stereocenters. The predicted octanol–water partition coefficient (Wildman–Crippen LogP) is 0.0159. The van der Waals surface area contributed by atoms with E-state index >= 15 is 0 Å². The van der Waals surface area contributed by atoms with E-state index in [1.54, 1.807) is 0 Å². The number of likely N-dealkylation sites (tertiary alicyclic amines) is 1. The molecule has 0 amide bonds. The minimum absolute atomic E-state index is 0.221. The summed E-state index contributed by atoms with van der Waals surface area (Å²) >= 11 is 0. The van der Waals surface area contributed by atoms with Gasteiger partial charge in [0, 0.05) is 13.1 Å². The predicted molar refractivity (Wildman–Crippen MR) is 41.6 cm³/mol. The fourth-order valence-electron chi connectivity index (χ4n) is 1.08. The van der Waals surface area contributed by atoms with Crippen molar-refractivity contribution in [3.63, 3.8) is 0 Å². The Labute approximate surface area is 67.3 Å². The lowest BCUT2D eigenvalue weighted by Gasteiger charge is -2.12. The highest BCUT2D eigenvalue weighted by Gasteiger charge is 2.13. The van der Waals surface area contributed by atoms with Crippen LogP contribution in [0.5, 0.6) is 0 Å². The third kappa shape index (κ3) is 3.69. The van der Waals surface area contributed by atoms with E-state index in [-0.39, 0.29) is 6.73 Å². The first-order valence-electron chi connectivity index (χ1n) is 3.65. The minimum atomic E-state index is -3.25. The van der Waals surface area contributed by atoms with Gasteiger partial charge in [0.15, 0.2) is 0 Å². The van der Waals surface area contributed by atoms with Gasteiger partial charge < -0.3 is 0 Å². The minimum Gasteiger partial charge on any atom is -0.280 e. The van der Waals surface area contributed by atoms with Crippen LogP contribution in [0.15, 0.2) is 0 Å². The highest BCUT2D eigenvalue weighted by molar-refractivity contribution is 7.85. The van der Waals surface area contributed by atoms with Crippen molar-refractivity contribution >= 4 is 10.1 Å². The van der Waals surface area contributed by atoms with Gasteiger partial charge >= 0.3 is 0 Å². The van der Waals surface area contributed by atoms with Crippen LogP contribution in [0.1, 0.15) is 12.8 Å². The highest BCUT2D eigenvalue weighted by Crippen LogP contribution is 2.07. The molecule has 1 aliphatic heterocycles. The number of hydrogen-bond donors (Lipinski definition) is 0. The van der Waals surface area contributed by atoms with Crippen LogP contribution in [-0.4, -0.2) is 39.4 Å². The Bertz CT molecular complexity index is 206. The summed E-state index contributed by atoms with van der Waals surface area (Å²) in [7, 11) is -3.25. The number of rotatable bonds is 3. The first-order valence-corrected chi connectivity index (χ1v) is 5.46. The van der Waals surface area contributed by atoms with Crippen LogP contribution in [0, 0.1) is 0 Å². The molecule has 0 radical (unpaired) electrons. The molecule has 0 unspecified atom stereocenters. The van der Waals surface area contributed by atoms with Gasteiger partial charge in [-0.25, -0.2) is 0 Å². The SMILES string of the molecule is CS(=O)(=O)OCN1CCCC1. The summed E-state index contributed by atoms with van der Waals surface area (Å²) in [5.74, 6) is 0. The molecular weight excluding hydrogens is 166 g/mol. The van der Waals surface area contributed by atoms with Crippen molar-refractivity contribution in [3.8, 4) is 0 Å². The molecule has 0 N–H and O–H groups in total. The van der Waals surface area contributed by atoms with E-state index in [0.29, 0.717) is 0 Å². The first kappa shape index (κ1) is 8.96. The van der Waals surface area contributed by atoms with E-state index < -0.39 is 10.1 Å². The summed E-state index contributed by atoms with van der Waals surface area (Å²) < 4.78 is 25.7.